The standard InChI is InChI=1S/C30H37F2N3O4/c1-4-8-35-28(37)22-9-19(2)15-30(16-22,29(33)38)26(13-21-10-23(31)14-24(32)11-21)27(36)18-34-17-20-6-5-7-25(12-20)39-3/h5-7,9-12,14-15,26-27,34,36H,4,8,13,16-18H2,1-3H3,(H2,33,38)(H,35,37)/t26-,27+,30?/m1/s1. The predicted molar refractivity (Wildman–Crippen MR) is 146 cm³/mol. The van der Waals surface area contributed by atoms with E-state index >= 15 is 0 Å². The number of nitrogens with one attached hydrogen (secondary N) is 2. The van der Waals surface area contributed by atoms with Crippen molar-refractivity contribution in [1.82, 2.24) is 10.6 Å². The average Bonchev–Trinajstić information content (AvgIpc) is 2.89. The fourth-order valence-electron chi connectivity index (χ4n) is 5.15. The molecular weight excluding hydrogens is 504 g/mol. The van der Waals surface area contributed by atoms with E-state index in [2.05, 4.69) is 10.6 Å². The maximum Gasteiger partial charge on any atom is 0.247 e. The molecule has 3 atom stereocenters. The molecule has 0 fully saturated rings. The molecule has 7 nitrogen and oxygen atoms in total. The normalized spacial score (nSPS) is 18.5. The summed E-state index contributed by atoms with van der Waals surface area (Å²) < 4.78 is 33.4. The van der Waals surface area contributed by atoms with Crippen LogP contribution >= 0.6 is 0 Å². The summed E-state index contributed by atoms with van der Waals surface area (Å²) in [7, 11) is 1.57. The first kappa shape index (κ1) is 30.0. The second kappa shape index (κ2) is 13.5. The van der Waals surface area contributed by atoms with E-state index in [-0.39, 0.29) is 30.9 Å². The number of rotatable bonds is 13. The summed E-state index contributed by atoms with van der Waals surface area (Å²) in [5, 5.41) is 17.5. The van der Waals surface area contributed by atoms with Crippen molar-refractivity contribution < 1.29 is 28.2 Å². The zero-order valence-electron chi connectivity index (χ0n) is 22.6. The van der Waals surface area contributed by atoms with Gasteiger partial charge in [-0.1, -0.05) is 36.8 Å². The van der Waals surface area contributed by atoms with E-state index in [1.807, 2.05) is 31.2 Å². The summed E-state index contributed by atoms with van der Waals surface area (Å²) in [5.41, 5.74) is 6.69. The lowest BCUT2D eigenvalue weighted by Crippen LogP contribution is -2.51. The van der Waals surface area contributed by atoms with Crippen molar-refractivity contribution in [2.24, 2.45) is 17.1 Å². The molecule has 2 amide bonds. The van der Waals surface area contributed by atoms with Crippen molar-refractivity contribution >= 4 is 11.8 Å². The highest BCUT2D eigenvalue weighted by Crippen LogP contribution is 2.44. The first-order chi connectivity index (χ1) is 18.6. The Hall–Kier alpha value is -3.56. The van der Waals surface area contributed by atoms with Gasteiger partial charge in [0.05, 0.1) is 18.6 Å². The molecular formula is C30H37F2N3O4. The van der Waals surface area contributed by atoms with E-state index in [0.717, 1.165) is 18.1 Å². The third-order valence-corrected chi connectivity index (χ3v) is 6.98. The molecule has 1 aliphatic carbocycles. The highest BCUT2D eigenvalue weighted by Gasteiger charge is 2.48. The van der Waals surface area contributed by atoms with Gasteiger partial charge in [0, 0.05) is 37.2 Å². The molecule has 0 spiro atoms. The number of nitrogens with two attached hydrogens (primary N) is 1. The molecule has 1 unspecified atom stereocenters. The second-order valence-electron chi connectivity index (χ2n) is 10.0. The molecule has 5 N–H and O–H groups in total. The van der Waals surface area contributed by atoms with E-state index in [4.69, 9.17) is 10.5 Å². The number of aliphatic hydroxyl groups excluding tert-OH is 1. The van der Waals surface area contributed by atoms with Gasteiger partial charge in [0.15, 0.2) is 0 Å². The number of ether oxygens (including phenoxy) is 1. The number of hydrogen-bond acceptors (Lipinski definition) is 5. The molecule has 0 radical (unpaired) electrons. The van der Waals surface area contributed by atoms with Crippen LogP contribution in [0.2, 0.25) is 0 Å². The smallest absolute Gasteiger partial charge is 0.247 e. The lowest BCUT2D eigenvalue weighted by Gasteiger charge is -2.41. The van der Waals surface area contributed by atoms with E-state index in [1.54, 1.807) is 26.2 Å². The summed E-state index contributed by atoms with van der Waals surface area (Å²) in [6.45, 7) is 4.60. The van der Waals surface area contributed by atoms with Gasteiger partial charge >= 0.3 is 0 Å². The molecule has 210 valence electrons. The topological polar surface area (TPSA) is 114 Å². The molecule has 0 aromatic heterocycles. The predicted octanol–water partition coefficient (Wildman–Crippen LogP) is 3.56. The molecule has 0 saturated heterocycles. The summed E-state index contributed by atoms with van der Waals surface area (Å²) in [4.78, 5) is 26.1. The van der Waals surface area contributed by atoms with Crippen LogP contribution < -0.4 is 21.1 Å². The molecule has 0 bridgehead atoms. The molecule has 0 heterocycles. The van der Waals surface area contributed by atoms with Crippen molar-refractivity contribution in [3.63, 3.8) is 0 Å². The van der Waals surface area contributed by atoms with Crippen LogP contribution in [0.1, 0.15) is 37.8 Å². The number of allylic oxidation sites excluding steroid dienone is 2. The van der Waals surface area contributed by atoms with Crippen LogP contribution in [-0.4, -0.2) is 43.2 Å². The Kier molecular flexibility index (Phi) is 10.4. The molecule has 39 heavy (non-hydrogen) atoms. The molecule has 0 aliphatic heterocycles. The average molecular weight is 542 g/mol. The molecule has 3 rings (SSSR count). The zero-order chi connectivity index (χ0) is 28.6. The largest absolute Gasteiger partial charge is 0.497 e. The van der Waals surface area contributed by atoms with Gasteiger partial charge < -0.3 is 26.2 Å². The Bertz CT molecular complexity index is 1230. The van der Waals surface area contributed by atoms with Crippen molar-refractivity contribution in [2.75, 3.05) is 20.2 Å². The number of carbonyl (C=O) groups is 2. The first-order valence-electron chi connectivity index (χ1n) is 13.0. The number of methoxy groups -OCH3 is 1. The Balaban J connectivity index is 1.94. The molecule has 2 aromatic carbocycles. The van der Waals surface area contributed by atoms with Gasteiger partial charge in [-0.2, -0.15) is 0 Å². The van der Waals surface area contributed by atoms with Crippen LogP contribution in [0.5, 0.6) is 5.75 Å². The van der Waals surface area contributed by atoms with Crippen LogP contribution in [0.25, 0.3) is 0 Å². The molecule has 0 saturated carbocycles. The van der Waals surface area contributed by atoms with Gasteiger partial charge in [-0.15, -0.1) is 0 Å². The summed E-state index contributed by atoms with van der Waals surface area (Å²) >= 11 is 0. The van der Waals surface area contributed by atoms with E-state index in [1.165, 1.54) is 12.1 Å². The van der Waals surface area contributed by atoms with Crippen LogP contribution in [0.4, 0.5) is 8.78 Å². The molecule has 1 aliphatic rings. The Morgan fingerprint density at radius 3 is 2.51 bits per heavy atom. The van der Waals surface area contributed by atoms with Crippen LogP contribution in [0.3, 0.4) is 0 Å². The molecule has 9 heteroatoms. The van der Waals surface area contributed by atoms with Crippen molar-refractivity contribution in [1.29, 1.82) is 0 Å². The second-order valence-corrected chi connectivity index (χ2v) is 10.0. The lowest BCUT2D eigenvalue weighted by atomic mass is 9.63. The van der Waals surface area contributed by atoms with Gasteiger partial charge in [0.25, 0.3) is 0 Å². The van der Waals surface area contributed by atoms with Crippen molar-refractivity contribution in [3.05, 3.63) is 88.5 Å². The number of hydrogen-bond donors (Lipinski definition) is 4. The highest BCUT2D eigenvalue weighted by molar-refractivity contribution is 5.96. The minimum atomic E-state index is -1.47. The van der Waals surface area contributed by atoms with Crippen molar-refractivity contribution in [2.45, 2.75) is 45.8 Å². The van der Waals surface area contributed by atoms with Gasteiger partial charge in [-0.3, -0.25) is 9.59 Å². The van der Waals surface area contributed by atoms with E-state index < -0.39 is 35.0 Å². The maximum absolute atomic E-state index is 14.1. The lowest BCUT2D eigenvalue weighted by molar-refractivity contribution is -0.131. The number of halogens is 2. The summed E-state index contributed by atoms with van der Waals surface area (Å²) in [5.74, 6) is -2.79. The Labute approximate surface area is 228 Å². The van der Waals surface area contributed by atoms with E-state index in [0.29, 0.717) is 30.0 Å². The zero-order valence-corrected chi connectivity index (χ0v) is 22.6. The van der Waals surface area contributed by atoms with Gasteiger partial charge in [0.1, 0.15) is 17.4 Å². The summed E-state index contributed by atoms with van der Waals surface area (Å²) in [6, 6.07) is 10.5. The molecule has 2 aromatic rings. The van der Waals surface area contributed by atoms with Gasteiger partial charge in [0.2, 0.25) is 11.8 Å². The SMILES string of the molecule is CCCNC(=O)C1=CC(C)=CC(C(N)=O)([C@H](Cc2cc(F)cc(F)c2)[C@@H](O)CNCc2cccc(OC)c2)C1. The fourth-order valence-corrected chi connectivity index (χ4v) is 5.15. The van der Waals surface area contributed by atoms with Gasteiger partial charge in [-0.25, -0.2) is 8.78 Å². The fraction of sp³-hybridized carbons (Fsp3) is 0.400. The monoisotopic (exact) mass is 541 g/mol. The van der Waals surface area contributed by atoms with Crippen molar-refractivity contribution in [3.8, 4) is 5.75 Å². The third-order valence-electron chi connectivity index (χ3n) is 6.98. The third kappa shape index (κ3) is 7.74. The number of carbonyl (C=O) groups excluding carboxylic acids is 2. The van der Waals surface area contributed by atoms with Crippen LogP contribution in [-0.2, 0) is 22.6 Å². The number of amides is 2. The Morgan fingerprint density at radius 1 is 1.15 bits per heavy atom. The minimum absolute atomic E-state index is 0.0483. The summed E-state index contributed by atoms with van der Waals surface area (Å²) in [6.07, 6.45) is 2.84. The Morgan fingerprint density at radius 2 is 1.87 bits per heavy atom. The van der Waals surface area contributed by atoms with Crippen LogP contribution in [0.15, 0.2) is 65.8 Å². The van der Waals surface area contributed by atoms with Gasteiger partial charge in [-0.05, 0) is 61.6 Å². The minimum Gasteiger partial charge on any atom is -0.497 e. The van der Waals surface area contributed by atoms with E-state index in [9.17, 15) is 23.5 Å². The quantitative estimate of drug-likeness (QED) is 0.310. The maximum atomic E-state index is 14.1. The first-order valence-corrected chi connectivity index (χ1v) is 13.0. The highest BCUT2D eigenvalue weighted by atomic mass is 19.1. The number of aliphatic hydroxyl groups is 1. The number of benzene rings is 2. The van der Waals surface area contributed by atoms with Crippen LogP contribution in [0, 0.1) is 23.0 Å². The number of primary amides is 1.